The normalized spacial score (nSPS) is 18.6. The molecule has 0 saturated carbocycles. The van der Waals surface area contributed by atoms with Crippen molar-refractivity contribution >= 4 is 17.7 Å². The Balaban J connectivity index is 2.00. The van der Waals surface area contributed by atoms with E-state index < -0.39 is 5.97 Å². The molecule has 1 unspecified atom stereocenters. The van der Waals surface area contributed by atoms with Gasteiger partial charge in [0.15, 0.2) is 5.16 Å². The van der Waals surface area contributed by atoms with Crippen molar-refractivity contribution in [1.82, 2.24) is 14.8 Å². The van der Waals surface area contributed by atoms with Crippen molar-refractivity contribution in [3.8, 4) is 0 Å². The van der Waals surface area contributed by atoms with Gasteiger partial charge in [-0.15, -0.1) is 10.2 Å². The molecule has 1 fully saturated rings. The Morgan fingerprint density at radius 1 is 1.55 bits per heavy atom. The van der Waals surface area contributed by atoms with Crippen LogP contribution in [0.1, 0.15) is 38.4 Å². The van der Waals surface area contributed by atoms with Crippen molar-refractivity contribution in [2.75, 3.05) is 12.4 Å². The van der Waals surface area contributed by atoms with Gasteiger partial charge in [-0.3, -0.25) is 4.79 Å². The summed E-state index contributed by atoms with van der Waals surface area (Å²) in [5, 5.41) is 17.8. The summed E-state index contributed by atoms with van der Waals surface area (Å²) >= 11 is 1.23. The van der Waals surface area contributed by atoms with Crippen molar-refractivity contribution in [2.24, 2.45) is 0 Å². The monoisotopic (exact) mass is 299 g/mol. The second-order valence-corrected chi connectivity index (χ2v) is 5.85. The van der Waals surface area contributed by atoms with E-state index in [1.807, 2.05) is 0 Å². The van der Waals surface area contributed by atoms with Gasteiger partial charge in [-0.2, -0.15) is 0 Å². The highest BCUT2D eigenvalue weighted by Gasteiger charge is 2.18. The third kappa shape index (κ3) is 4.21. The molecule has 20 heavy (non-hydrogen) atoms. The quantitative estimate of drug-likeness (QED) is 0.740. The number of nitrogens with zero attached hydrogens (tertiary/aromatic N) is 3. The number of carbonyl (C=O) groups is 1. The van der Waals surface area contributed by atoms with Crippen LogP contribution in [0.15, 0.2) is 5.16 Å². The first-order chi connectivity index (χ1) is 9.70. The van der Waals surface area contributed by atoms with E-state index in [1.54, 1.807) is 0 Å². The average Bonchev–Trinajstić information content (AvgIpc) is 3.04. The van der Waals surface area contributed by atoms with Crippen molar-refractivity contribution in [3.63, 3.8) is 0 Å². The number of thioether (sulfide) groups is 1. The predicted molar refractivity (Wildman–Crippen MR) is 76.0 cm³/mol. The van der Waals surface area contributed by atoms with Crippen LogP contribution in [0.4, 0.5) is 0 Å². The number of aromatic nitrogens is 3. The Bertz CT molecular complexity index is 444. The molecule has 0 amide bonds. The Morgan fingerprint density at radius 2 is 2.40 bits per heavy atom. The predicted octanol–water partition coefficient (Wildman–Crippen LogP) is 1.98. The molecule has 1 aliphatic heterocycles. The van der Waals surface area contributed by atoms with Gasteiger partial charge in [-0.05, 0) is 25.7 Å². The first-order valence-electron chi connectivity index (χ1n) is 7.09. The molecular weight excluding hydrogens is 278 g/mol. The molecule has 2 rings (SSSR count). The summed E-state index contributed by atoms with van der Waals surface area (Å²) in [6, 6.07) is 0. The molecular formula is C13H21N3O3S. The minimum Gasteiger partial charge on any atom is -0.481 e. The van der Waals surface area contributed by atoms with Gasteiger partial charge < -0.3 is 14.4 Å². The maximum absolute atomic E-state index is 10.7. The number of carboxylic acids is 1. The fraction of sp³-hybridized carbons (Fsp3) is 0.769. The lowest BCUT2D eigenvalue weighted by Crippen LogP contribution is -2.13. The number of carboxylic acid groups (broad SMARTS) is 1. The molecule has 1 N–H and O–H groups in total. The molecule has 112 valence electrons. The number of hydrogen-bond donors (Lipinski definition) is 1. The lowest BCUT2D eigenvalue weighted by molar-refractivity contribution is -0.133. The molecule has 0 radical (unpaired) electrons. The van der Waals surface area contributed by atoms with E-state index in [-0.39, 0.29) is 5.75 Å². The van der Waals surface area contributed by atoms with Crippen LogP contribution in [-0.4, -0.2) is 44.3 Å². The molecule has 0 bridgehead atoms. The van der Waals surface area contributed by atoms with Crippen molar-refractivity contribution < 1.29 is 14.6 Å². The van der Waals surface area contributed by atoms with E-state index in [0.29, 0.717) is 11.3 Å². The van der Waals surface area contributed by atoms with Gasteiger partial charge in [0, 0.05) is 19.6 Å². The summed E-state index contributed by atoms with van der Waals surface area (Å²) in [6.07, 6.45) is 5.38. The summed E-state index contributed by atoms with van der Waals surface area (Å²) in [4.78, 5) is 10.7. The number of hydrogen-bond acceptors (Lipinski definition) is 5. The third-order valence-corrected chi connectivity index (χ3v) is 4.24. The summed E-state index contributed by atoms with van der Waals surface area (Å²) in [5.41, 5.74) is 0. The molecule has 1 aromatic heterocycles. The van der Waals surface area contributed by atoms with Crippen LogP contribution >= 0.6 is 11.8 Å². The largest absolute Gasteiger partial charge is 0.481 e. The Hall–Kier alpha value is -1.08. The van der Waals surface area contributed by atoms with E-state index in [2.05, 4.69) is 21.7 Å². The van der Waals surface area contributed by atoms with Gasteiger partial charge in [0.2, 0.25) is 0 Å². The summed E-state index contributed by atoms with van der Waals surface area (Å²) in [5.74, 6) is 0.128. The van der Waals surface area contributed by atoms with Crippen LogP contribution in [0.25, 0.3) is 0 Å². The van der Waals surface area contributed by atoms with Crippen LogP contribution in [0.3, 0.4) is 0 Å². The zero-order chi connectivity index (χ0) is 14.4. The topological polar surface area (TPSA) is 77.2 Å². The van der Waals surface area contributed by atoms with E-state index in [4.69, 9.17) is 9.84 Å². The minimum absolute atomic E-state index is 0.0180. The minimum atomic E-state index is -0.833. The lowest BCUT2D eigenvalue weighted by Gasteiger charge is -2.12. The number of rotatable bonds is 8. The first kappa shape index (κ1) is 15.3. The second kappa shape index (κ2) is 7.64. The van der Waals surface area contributed by atoms with Crippen LogP contribution in [-0.2, 0) is 22.5 Å². The van der Waals surface area contributed by atoms with E-state index >= 15 is 0 Å². The number of ether oxygens (including phenoxy) is 1. The van der Waals surface area contributed by atoms with Crippen LogP contribution in [0.2, 0.25) is 0 Å². The highest BCUT2D eigenvalue weighted by molar-refractivity contribution is 7.99. The maximum atomic E-state index is 10.7. The molecule has 1 saturated heterocycles. The third-order valence-electron chi connectivity index (χ3n) is 3.29. The highest BCUT2D eigenvalue weighted by Crippen LogP contribution is 2.21. The van der Waals surface area contributed by atoms with Crippen LogP contribution < -0.4 is 0 Å². The first-order valence-corrected chi connectivity index (χ1v) is 8.07. The van der Waals surface area contributed by atoms with Gasteiger partial charge in [0.05, 0.1) is 11.9 Å². The number of aryl methyl sites for hydroxylation is 1. The van der Waals surface area contributed by atoms with Gasteiger partial charge in [0.25, 0.3) is 0 Å². The van der Waals surface area contributed by atoms with E-state index in [1.165, 1.54) is 11.8 Å². The highest BCUT2D eigenvalue weighted by atomic mass is 32.2. The molecule has 1 atom stereocenters. The smallest absolute Gasteiger partial charge is 0.313 e. The molecule has 6 nitrogen and oxygen atoms in total. The van der Waals surface area contributed by atoms with E-state index in [0.717, 1.165) is 51.1 Å². The number of aliphatic carboxylic acids is 1. The molecule has 0 spiro atoms. The molecule has 1 aliphatic rings. The van der Waals surface area contributed by atoms with E-state index in [9.17, 15) is 4.79 Å². The summed E-state index contributed by atoms with van der Waals surface area (Å²) in [6.45, 7) is 3.76. The fourth-order valence-corrected chi connectivity index (χ4v) is 3.03. The zero-order valence-corrected chi connectivity index (χ0v) is 12.6. The molecule has 1 aromatic rings. The average molecular weight is 299 g/mol. The second-order valence-electron chi connectivity index (χ2n) is 4.91. The summed E-state index contributed by atoms with van der Waals surface area (Å²) in [7, 11) is 0. The fourth-order valence-electron chi connectivity index (χ4n) is 2.33. The van der Waals surface area contributed by atoms with Crippen LogP contribution in [0, 0.1) is 0 Å². The van der Waals surface area contributed by atoms with Crippen molar-refractivity contribution in [2.45, 2.75) is 56.8 Å². The molecule has 0 aromatic carbocycles. The van der Waals surface area contributed by atoms with Gasteiger partial charge in [-0.25, -0.2) is 0 Å². The lowest BCUT2D eigenvalue weighted by atomic mass is 10.2. The van der Waals surface area contributed by atoms with Gasteiger partial charge in [-0.1, -0.05) is 18.7 Å². The Morgan fingerprint density at radius 3 is 3.05 bits per heavy atom. The van der Waals surface area contributed by atoms with Crippen molar-refractivity contribution in [1.29, 1.82) is 0 Å². The summed E-state index contributed by atoms with van der Waals surface area (Å²) < 4.78 is 7.69. The SMILES string of the molecule is CCCc1nnc(SCC(=O)O)n1CCC1CCCO1. The molecule has 0 aliphatic carbocycles. The Labute approximate surface area is 122 Å². The molecule has 2 heterocycles. The van der Waals surface area contributed by atoms with Crippen LogP contribution in [0.5, 0.6) is 0 Å². The Kier molecular flexibility index (Phi) is 5.85. The molecule has 7 heteroatoms. The van der Waals surface area contributed by atoms with Crippen molar-refractivity contribution in [3.05, 3.63) is 5.82 Å². The van der Waals surface area contributed by atoms with Gasteiger partial charge in [0.1, 0.15) is 5.82 Å². The standard InChI is InChI=1S/C13H21N3O3S/c1-2-4-11-14-15-13(20-9-12(17)18)16(11)7-6-10-5-3-8-19-10/h10H,2-9H2,1H3,(H,17,18). The zero-order valence-electron chi connectivity index (χ0n) is 11.7. The maximum Gasteiger partial charge on any atom is 0.313 e. The van der Waals surface area contributed by atoms with Gasteiger partial charge >= 0.3 is 5.97 Å².